The second-order valence-corrected chi connectivity index (χ2v) is 8.82. The number of alkyl halides is 3. The van der Waals surface area contributed by atoms with E-state index in [2.05, 4.69) is 39.6 Å². The molecule has 5 nitrogen and oxygen atoms in total. The zero-order valence-corrected chi connectivity index (χ0v) is 18.8. The summed E-state index contributed by atoms with van der Waals surface area (Å²) in [5, 5.41) is 12.0. The second kappa shape index (κ2) is 9.83. The minimum absolute atomic E-state index is 0.244. The SMILES string of the molecule is Cc1nc(C(F)(F)F)ccc1Nc1ccc(-c2ccc(C3CCC(CC(=O)O)CC3)cc2)cn1. The summed E-state index contributed by atoms with van der Waals surface area (Å²) >= 11 is 0. The van der Waals surface area contributed by atoms with Crippen LogP contribution < -0.4 is 5.32 Å². The van der Waals surface area contributed by atoms with Gasteiger partial charge in [0.2, 0.25) is 0 Å². The molecule has 1 aromatic carbocycles. The molecular weight excluding hydrogens is 443 g/mol. The fourth-order valence-corrected chi connectivity index (χ4v) is 4.52. The third-order valence-electron chi connectivity index (χ3n) is 6.43. The average molecular weight is 470 g/mol. The molecule has 2 heterocycles. The monoisotopic (exact) mass is 469 g/mol. The molecule has 1 saturated carbocycles. The third-order valence-corrected chi connectivity index (χ3v) is 6.43. The van der Waals surface area contributed by atoms with Crippen molar-refractivity contribution >= 4 is 17.5 Å². The Morgan fingerprint density at radius 3 is 2.24 bits per heavy atom. The number of carboxylic acids is 1. The number of aryl methyl sites for hydroxylation is 1. The Morgan fingerprint density at radius 2 is 1.68 bits per heavy atom. The number of nitrogens with zero attached hydrogens (tertiary/aromatic N) is 2. The molecule has 1 aliphatic rings. The van der Waals surface area contributed by atoms with E-state index in [4.69, 9.17) is 5.11 Å². The first kappa shape index (κ1) is 23.7. The van der Waals surface area contributed by atoms with E-state index in [9.17, 15) is 18.0 Å². The van der Waals surface area contributed by atoms with Crippen LogP contribution in [-0.2, 0) is 11.0 Å². The average Bonchev–Trinajstić information content (AvgIpc) is 2.80. The van der Waals surface area contributed by atoms with Crippen molar-refractivity contribution < 1.29 is 23.1 Å². The van der Waals surface area contributed by atoms with Crippen molar-refractivity contribution in [1.82, 2.24) is 9.97 Å². The molecule has 0 aliphatic heterocycles. The summed E-state index contributed by atoms with van der Waals surface area (Å²) in [6, 6.07) is 14.4. The number of carboxylic acid groups (broad SMARTS) is 1. The predicted molar refractivity (Wildman–Crippen MR) is 124 cm³/mol. The molecule has 0 atom stereocenters. The van der Waals surface area contributed by atoms with Gasteiger partial charge in [-0.15, -0.1) is 0 Å². The first-order valence-electron chi connectivity index (χ1n) is 11.3. The highest BCUT2D eigenvalue weighted by molar-refractivity contribution is 5.67. The summed E-state index contributed by atoms with van der Waals surface area (Å²) in [5.74, 6) is 0.551. The van der Waals surface area contributed by atoms with Gasteiger partial charge in [-0.3, -0.25) is 4.79 Å². The van der Waals surface area contributed by atoms with Crippen LogP contribution in [0.5, 0.6) is 0 Å². The van der Waals surface area contributed by atoms with Crippen LogP contribution in [0.1, 0.15) is 55.0 Å². The van der Waals surface area contributed by atoms with E-state index >= 15 is 0 Å². The van der Waals surface area contributed by atoms with Crippen molar-refractivity contribution in [2.45, 2.75) is 51.1 Å². The minimum Gasteiger partial charge on any atom is -0.481 e. The molecule has 8 heteroatoms. The van der Waals surface area contributed by atoms with Crippen LogP contribution in [0.25, 0.3) is 11.1 Å². The first-order chi connectivity index (χ1) is 16.2. The topological polar surface area (TPSA) is 75.1 Å². The summed E-state index contributed by atoms with van der Waals surface area (Å²) in [6.45, 7) is 1.52. The lowest BCUT2D eigenvalue weighted by Gasteiger charge is -2.28. The van der Waals surface area contributed by atoms with E-state index in [1.807, 2.05) is 6.07 Å². The van der Waals surface area contributed by atoms with Gasteiger partial charge in [0.25, 0.3) is 0 Å². The largest absolute Gasteiger partial charge is 0.481 e. The molecular formula is C26H26F3N3O2. The zero-order valence-electron chi connectivity index (χ0n) is 18.8. The molecule has 0 bridgehead atoms. The summed E-state index contributed by atoms with van der Waals surface area (Å²) < 4.78 is 38.4. The van der Waals surface area contributed by atoms with Crippen molar-refractivity contribution in [2.75, 3.05) is 5.32 Å². The molecule has 2 N–H and O–H groups in total. The van der Waals surface area contributed by atoms with Crippen LogP contribution in [0.4, 0.5) is 24.7 Å². The van der Waals surface area contributed by atoms with E-state index in [1.54, 1.807) is 12.3 Å². The lowest BCUT2D eigenvalue weighted by Crippen LogP contribution is -2.16. The Labute approximate surface area is 196 Å². The summed E-state index contributed by atoms with van der Waals surface area (Å²) in [7, 11) is 0. The van der Waals surface area contributed by atoms with Gasteiger partial charge in [-0.25, -0.2) is 9.97 Å². The molecule has 178 valence electrons. The maximum atomic E-state index is 12.8. The van der Waals surface area contributed by atoms with Gasteiger partial charge in [0, 0.05) is 18.2 Å². The quantitative estimate of drug-likeness (QED) is 0.408. The first-order valence-corrected chi connectivity index (χ1v) is 11.3. The summed E-state index contributed by atoms with van der Waals surface area (Å²) in [4.78, 5) is 18.9. The highest BCUT2D eigenvalue weighted by atomic mass is 19.4. The molecule has 2 aromatic heterocycles. The Kier molecular flexibility index (Phi) is 6.86. The standard InChI is InChI=1S/C26H26F3N3O2/c1-16-22(11-12-23(31-16)26(27,28)29)32-24-13-10-21(15-30-24)20-8-6-19(7-9-20)18-4-2-17(3-5-18)14-25(33)34/h6-13,15,17-18H,2-5,14H2,1H3,(H,30,32)(H,33,34). The van der Waals surface area contributed by atoms with E-state index in [0.717, 1.165) is 42.9 Å². The normalized spacial score (nSPS) is 18.5. The van der Waals surface area contributed by atoms with Gasteiger partial charge in [-0.1, -0.05) is 24.3 Å². The van der Waals surface area contributed by atoms with Gasteiger partial charge in [-0.05, 0) is 79.8 Å². The van der Waals surface area contributed by atoms with E-state index in [-0.39, 0.29) is 18.0 Å². The highest BCUT2D eigenvalue weighted by Gasteiger charge is 2.32. The second-order valence-electron chi connectivity index (χ2n) is 8.82. The smallest absolute Gasteiger partial charge is 0.433 e. The predicted octanol–water partition coefficient (Wildman–Crippen LogP) is 6.96. The van der Waals surface area contributed by atoms with Crippen molar-refractivity contribution in [1.29, 1.82) is 0 Å². The fraction of sp³-hybridized carbons (Fsp3) is 0.346. The van der Waals surface area contributed by atoms with Crippen molar-refractivity contribution in [3.8, 4) is 11.1 Å². The number of anilines is 2. The third kappa shape index (κ3) is 5.73. The number of pyridine rings is 2. The number of nitrogens with one attached hydrogen (secondary N) is 1. The molecule has 1 fully saturated rings. The van der Waals surface area contributed by atoms with Crippen molar-refractivity contribution in [3.63, 3.8) is 0 Å². The van der Waals surface area contributed by atoms with Gasteiger partial charge in [0.05, 0.1) is 11.4 Å². The molecule has 0 radical (unpaired) electrons. The van der Waals surface area contributed by atoms with E-state index < -0.39 is 17.8 Å². The number of carbonyl (C=O) groups is 1. The van der Waals surface area contributed by atoms with Crippen LogP contribution in [0, 0.1) is 12.8 Å². The van der Waals surface area contributed by atoms with Crippen molar-refractivity contribution in [3.05, 3.63) is 71.7 Å². The van der Waals surface area contributed by atoms with Gasteiger partial charge < -0.3 is 10.4 Å². The molecule has 0 amide bonds. The van der Waals surface area contributed by atoms with Crippen LogP contribution in [0.2, 0.25) is 0 Å². The fourth-order valence-electron chi connectivity index (χ4n) is 4.52. The van der Waals surface area contributed by atoms with Gasteiger partial charge in [-0.2, -0.15) is 13.2 Å². The molecule has 34 heavy (non-hydrogen) atoms. The van der Waals surface area contributed by atoms with Gasteiger partial charge in [0.15, 0.2) is 0 Å². The van der Waals surface area contributed by atoms with E-state index in [0.29, 0.717) is 17.4 Å². The lowest BCUT2D eigenvalue weighted by atomic mass is 9.77. The number of hydrogen-bond donors (Lipinski definition) is 2. The summed E-state index contributed by atoms with van der Waals surface area (Å²) in [6.07, 6.45) is 1.43. The molecule has 1 aliphatic carbocycles. The lowest BCUT2D eigenvalue weighted by molar-refractivity contribution is -0.141. The van der Waals surface area contributed by atoms with Crippen LogP contribution in [0.3, 0.4) is 0 Å². The maximum absolute atomic E-state index is 12.8. The van der Waals surface area contributed by atoms with Gasteiger partial charge >= 0.3 is 12.1 Å². The molecule has 0 spiro atoms. The highest BCUT2D eigenvalue weighted by Crippen LogP contribution is 2.37. The number of benzene rings is 1. The van der Waals surface area contributed by atoms with Crippen LogP contribution in [-0.4, -0.2) is 21.0 Å². The summed E-state index contributed by atoms with van der Waals surface area (Å²) in [5.41, 5.74) is 3.02. The van der Waals surface area contributed by atoms with Crippen LogP contribution >= 0.6 is 0 Å². The Morgan fingerprint density at radius 1 is 1.00 bits per heavy atom. The molecule has 0 unspecified atom stereocenters. The molecule has 0 saturated heterocycles. The maximum Gasteiger partial charge on any atom is 0.433 e. The Hall–Kier alpha value is -3.42. The van der Waals surface area contributed by atoms with Crippen molar-refractivity contribution in [2.24, 2.45) is 5.92 Å². The molecule has 4 rings (SSSR count). The van der Waals surface area contributed by atoms with Crippen LogP contribution in [0.15, 0.2) is 54.7 Å². The zero-order chi connectivity index (χ0) is 24.3. The Bertz CT molecular complexity index is 1140. The number of rotatable bonds is 6. The molecule has 3 aromatic rings. The Balaban J connectivity index is 1.38. The minimum atomic E-state index is -4.47. The number of hydrogen-bond acceptors (Lipinski definition) is 4. The number of aliphatic carboxylic acids is 1. The number of halogens is 3. The van der Waals surface area contributed by atoms with E-state index in [1.165, 1.54) is 18.6 Å². The number of aromatic nitrogens is 2. The van der Waals surface area contributed by atoms with Gasteiger partial charge in [0.1, 0.15) is 11.5 Å².